The number of imidazole rings is 1. The maximum atomic E-state index is 2.56. The van der Waals surface area contributed by atoms with Gasteiger partial charge in [0.25, 0.3) is 5.82 Å². The fourth-order valence-electron chi connectivity index (χ4n) is 4.77. The van der Waals surface area contributed by atoms with Crippen molar-refractivity contribution in [3.8, 4) is 0 Å². The van der Waals surface area contributed by atoms with Crippen LogP contribution in [-0.4, -0.2) is 4.57 Å². The van der Waals surface area contributed by atoms with Crippen molar-refractivity contribution in [3.63, 3.8) is 0 Å². The van der Waals surface area contributed by atoms with Gasteiger partial charge in [-0.1, -0.05) is 115 Å². The highest BCUT2D eigenvalue weighted by atomic mass is 15.1. The topological polar surface area (TPSA) is 8.81 Å². The molecule has 0 fully saturated rings. The molecule has 0 bridgehead atoms. The first-order chi connectivity index (χ1) is 15.8. The quantitative estimate of drug-likeness (QED) is 0.144. The molecule has 1 heterocycles. The van der Waals surface area contributed by atoms with Gasteiger partial charge in [0, 0.05) is 6.42 Å². The van der Waals surface area contributed by atoms with Crippen molar-refractivity contribution in [2.45, 2.75) is 136 Å². The molecule has 0 N–H and O–H groups in total. The van der Waals surface area contributed by atoms with Gasteiger partial charge in [-0.2, -0.15) is 0 Å². The Morgan fingerprint density at radius 3 is 1.88 bits per heavy atom. The lowest BCUT2D eigenvalue weighted by Gasteiger charge is -2.07. The summed E-state index contributed by atoms with van der Waals surface area (Å²) in [7, 11) is 0. The molecule has 0 radical (unpaired) electrons. The largest absolute Gasteiger partial charge is 0.256 e. The number of hydrogen-bond acceptors (Lipinski definition) is 0. The van der Waals surface area contributed by atoms with E-state index >= 15 is 0 Å². The minimum absolute atomic E-state index is 1.14. The second kappa shape index (κ2) is 17.9. The van der Waals surface area contributed by atoms with Crippen LogP contribution in [-0.2, 0) is 25.9 Å². The molecule has 0 aliphatic heterocycles. The summed E-state index contributed by atoms with van der Waals surface area (Å²) in [6, 6.07) is 10.9. The summed E-state index contributed by atoms with van der Waals surface area (Å²) in [5, 5.41) is 0. The molecule has 180 valence electrons. The average Bonchev–Trinajstić information content (AvgIpc) is 3.20. The zero-order chi connectivity index (χ0) is 22.7. The molecule has 0 aliphatic carbocycles. The Hall–Kier alpha value is -1.57. The van der Waals surface area contributed by atoms with Crippen LogP contribution in [0.15, 0.2) is 42.7 Å². The Kier molecular flexibility index (Phi) is 14.9. The standard InChI is InChI=1S/C30H51N2/c1-3-5-7-9-10-11-12-13-14-18-24-30-31(25-19-8-6-4-2)27-28-32(30)26-20-23-29-21-16-15-17-22-29/h15-17,21-22,27-28H,3-14,18-20,23-26H2,1-2H3/q+1. The lowest BCUT2D eigenvalue weighted by atomic mass is 10.1. The molecular formula is C30H51N2+. The maximum absolute atomic E-state index is 2.56. The van der Waals surface area contributed by atoms with Crippen LogP contribution in [0, 0.1) is 0 Å². The summed E-state index contributed by atoms with van der Waals surface area (Å²) in [5.41, 5.74) is 1.46. The van der Waals surface area contributed by atoms with E-state index in [1.54, 1.807) is 5.82 Å². The highest BCUT2D eigenvalue weighted by molar-refractivity contribution is 5.14. The van der Waals surface area contributed by atoms with Crippen molar-refractivity contribution in [3.05, 3.63) is 54.1 Å². The summed E-state index contributed by atoms with van der Waals surface area (Å²) >= 11 is 0. The molecule has 0 unspecified atom stereocenters. The maximum Gasteiger partial charge on any atom is 0.256 e. The van der Waals surface area contributed by atoms with Crippen molar-refractivity contribution in [2.24, 2.45) is 0 Å². The van der Waals surface area contributed by atoms with Crippen LogP contribution in [0.25, 0.3) is 0 Å². The van der Waals surface area contributed by atoms with Crippen LogP contribution in [0.2, 0.25) is 0 Å². The summed E-state index contributed by atoms with van der Waals surface area (Å²) < 4.78 is 5.11. The highest BCUT2D eigenvalue weighted by Crippen LogP contribution is 2.13. The number of aromatic nitrogens is 2. The fraction of sp³-hybridized carbons (Fsp3) is 0.700. The molecule has 0 atom stereocenters. The summed E-state index contributed by atoms with van der Waals surface area (Å²) in [4.78, 5) is 0. The van der Waals surface area contributed by atoms with E-state index in [1.807, 2.05) is 0 Å². The van der Waals surface area contributed by atoms with Gasteiger partial charge in [0.05, 0.1) is 13.1 Å². The monoisotopic (exact) mass is 439 g/mol. The predicted molar refractivity (Wildman–Crippen MR) is 139 cm³/mol. The molecule has 2 nitrogen and oxygen atoms in total. The van der Waals surface area contributed by atoms with Crippen molar-refractivity contribution in [2.75, 3.05) is 0 Å². The van der Waals surface area contributed by atoms with Crippen LogP contribution < -0.4 is 4.57 Å². The Morgan fingerprint density at radius 2 is 1.22 bits per heavy atom. The Morgan fingerprint density at radius 1 is 0.625 bits per heavy atom. The van der Waals surface area contributed by atoms with E-state index < -0.39 is 0 Å². The summed E-state index contributed by atoms with van der Waals surface area (Å²) in [5.74, 6) is 1.56. The Labute approximate surface area is 199 Å². The van der Waals surface area contributed by atoms with E-state index in [2.05, 4.69) is 65.7 Å². The molecule has 1 aromatic heterocycles. The first-order valence-corrected chi connectivity index (χ1v) is 14.0. The molecule has 2 rings (SSSR count). The van der Waals surface area contributed by atoms with Gasteiger partial charge in [0.15, 0.2) is 0 Å². The fourth-order valence-corrected chi connectivity index (χ4v) is 4.77. The molecule has 2 heteroatoms. The predicted octanol–water partition coefficient (Wildman–Crippen LogP) is 8.45. The molecule has 0 saturated carbocycles. The number of rotatable bonds is 20. The number of aryl methyl sites for hydroxylation is 3. The third-order valence-corrected chi connectivity index (χ3v) is 6.80. The molecule has 2 aromatic rings. The van der Waals surface area contributed by atoms with Crippen LogP contribution in [0.1, 0.15) is 122 Å². The molecule has 0 saturated heterocycles. The molecule has 0 amide bonds. The number of benzene rings is 1. The number of unbranched alkanes of at least 4 members (excludes halogenated alkanes) is 12. The van der Waals surface area contributed by atoms with Crippen LogP contribution in [0.3, 0.4) is 0 Å². The van der Waals surface area contributed by atoms with Crippen molar-refractivity contribution >= 4 is 0 Å². The summed E-state index contributed by atoms with van der Waals surface area (Å²) in [6.45, 7) is 6.93. The average molecular weight is 440 g/mol. The third-order valence-electron chi connectivity index (χ3n) is 6.80. The third kappa shape index (κ3) is 11.3. The van der Waals surface area contributed by atoms with Gasteiger partial charge < -0.3 is 0 Å². The Balaban J connectivity index is 1.74. The SMILES string of the molecule is CCCCCCCCCCCCc1n(CCCCCC)cc[n+]1CCCc1ccccc1. The van der Waals surface area contributed by atoms with E-state index in [9.17, 15) is 0 Å². The van der Waals surface area contributed by atoms with E-state index in [4.69, 9.17) is 0 Å². The Bertz CT molecular complexity index is 673. The molecule has 1 aromatic carbocycles. The second-order valence-electron chi connectivity index (χ2n) is 9.68. The van der Waals surface area contributed by atoms with Crippen LogP contribution >= 0.6 is 0 Å². The minimum atomic E-state index is 1.14. The number of hydrogen-bond donors (Lipinski definition) is 0. The first-order valence-electron chi connectivity index (χ1n) is 14.0. The van der Waals surface area contributed by atoms with Gasteiger partial charge >= 0.3 is 0 Å². The van der Waals surface area contributed by atoms with Crippen molar-refractivity contribution in [1.82, 2.24) is 4.57 Å². The molecule has 32 heavy (non-hydrogen) atoms. The van der Waals surface area contributed by atoms with Gasteiger partial charge in [0.2, 0.25) is 0 Å². The lowest BCUT2D eigenvalue weighted by Crippen LogP contribution is -2.37. The summed E-state index contributed by atoms with van der Waals surface area (Å²) in [6.07, 6.45) is 27.8. The van der Waals surface area contributed by atoms with Crippen molar-refractivity contribution in [1.29, 1.82) is 0 Å². The molecule has 0 spiro atoms. The van der Waals surface area contributed by atoms with Gasteiger partial charge in [-0.3, -0.25) is 0 Å². The highest BCUT2D eigenvalue weighted by Gasteiger charge is 2.16. The smallest absolute Gasteiger partial charge is 0.234 e. The first kappa shape index (κ1) is 26.7. The zero-order valence-electron chi connectivity index (χ0n) is 21.4. The van der Waals surface area contributed by atoms with Gasteiger partial charge in [-0.25, -0.2) is 9.13 Å². The van der Waals surface area contributed by atoms with Gasteiger partial charge in [-0.05, 0) is 37.7 Å². The van der Waals surface area contributed by atoms with E-state index in [1.165, 1.54) is 121 Å². The lowest BCUT2D eigenvalue weighted by molar-refractivity contribution is -0.704. The van der Waals surface area contributed by atoms with E-state index in [0.29, 0.717) is 0 Å². The molecule has 0 aliphatic rings. The minimum Gasteiger partial charge on any atom is -0.234 e. The van der Waals surface area contributed by atoms with E-state index in [0.717, 1.165) is 6.54 Å². The van der Waals surface area contributed by atoms with Gasteiger partial charge in [0.1, 0.15) is 12.4 Å². The van der Waals surface area contributed by atoms with Crippen LogP contribution in [0.4, 0.5) is 0 Å². The number of nitrogens with zero attached hydrogens (tertiary/aromatic N) is 2. The zero-order valence-corrected chi connectivity index (χ0v) is 21.4. The van der Waals surface area contributed by atoms with Crippen LogP contribution in [0.5, 0.6) is 0 Å². The van der Waals surface area contributed by atoms with Crippen molar-refractivity contribution < 1.29 is 4.57 Å². The normalized spacial score (nSPS) is 11.3. The molecular weight excluding hydrogens is 388 g/mol. The van der Waals surface area contributed by atoms with E-state index in [-0.39, 0.29) is 0 Å². The second-order valence-corrected chi connectivity index (χ2v) is 9.68. The van der Waals surface area contributed by atoms with Gasteiger partial charge in [-0.15, -0.1) is 0 Å².